The molecule has 0 radical (unpaired) electrons. The first-order valence-corrected chi connectivity index (χ1v) is 11.5. The van der Waals surface area contributed by atoms with Crippen molar-refractivity contribution in [3.8, 4) is 17.3 Å². The number of urea groups is 1. The summed E-state index contributed by atoms with van der Waals surface area (Å²) in [6.07, 6.45) is 9.27. The van der Waals surface area contributed by atoms with Crippen LogP contribution in [0.25, 0.3) is 11.3 Å². The molecule has 2 amide bonds. The number of nitrogens with one attached hydrogen (secondary N) is 2. The molecule has 9 heteroatoms. The number of aromatic nitrogens is 3. The zero-order valence-corrected chi connectivity index (χ0v) is 18.7. The van der Waals surface area contributed by atoms with E-state index in [-0.39, 0.29) is 12.1 Å². The number of carbonyl (C=O) groups excluding carboxylic acids is 1. The number of hydrogen-bond donors (Lipinski definition) is 3. The lowest BCUT2D eigenvalue weighted by atomic mass is 10.0. The molecule has 4 heterocycles. The fraction of sp³-hybridized carbons (Fsp3) is 0.320. The van der Waals surface area contributed by atoms with Crippen LogP contribution in [0.3, 0.4) is 0 Å². The summed E-state index contributed by atoms with van der Waals surface area (Å²) < 4.78 is 0. The highest BCUT2D eigenvalue weighted by Gasteiger charge is 2.25. The average Bonchev–Trinajstić information content (AvgIpc) is 3.70. The van der Waals surface area contributed by atoms with Crippen molar-refractivity contribution in [3.63, 3.8) is 0 Å². The van der Waals surface area contributed by atoms with Crippen LogP contribution < -0.4 is 16.4 Å². The van der Waals surface area contributed by atoms with Gasteiger partial charge in [0.1, 0.15) is 11.6 Å². The summed E-state index contributed by atoms with van der Waals surface area (Å²) in [4.78, 5) is 26.6. The maximum atomic E-state index is 11.4. The molecule has 1 saturated carbocycles. The highest BCUT2D eigenvalue weighted by Crippen LogP contribution is 2.42. The molecule has 4 N–H and O–H groups in total. The SMILES string of the molecule is N#Cc1ccnc(Nc2cc(C3CC3)cc(-c3cncc(NC4CCN(C(N)=O)CC4)c3)n2)c1. The number of primary amides is 1. The Balaban J connectivity index is 1.37. The molecule has 0 aromatic carbocycles. The zero-order chi connectivity index (χ0) is 23.5. The number of piperidine rings is 1. The minimum absolute atomic E-state index is 0.258. The first kappa shape index (κ1) is 21.6. The fourth-order valence-electron chi connectivity index (χ4n) is 4.25. The molecule has 172 valence electrons. The smallest absolute Gasteiger partial charge is 0.314 e. The van der Waals surface area contributed by atoms with Gasteiger partial charge in [-0.2, -0.15) is 5.26 Å². The van der Waals surface area contributed by atoms with Crippen LogP contribution in [0.2, 0.25) is 0 Å². The van der Waals surface area contributed by atoms with Gasteiger partial charge in [-0.1, -0.05) is 0 Å². The van der Waals surface area contributed by atoms with Crippen molar-refractivity contribution >= 4 is 23.4 Å². The lowest BCUT2D eigenvalue weighted by Crippen LogP contribution is -2.44. The van der Waals surface area contributed by atoms with Gasteiger partial charge in [-0.25, -0.2) is 14.8 Å². The maximum Gasteiger partial charge on any atom is 0.314 e. The highest BCUT2D eigenvalue weighted by atomic mass is 16.2. The van der Waals surface area contributed by atoms with E-state index in [1.807, 2.05) is 12.4 Å². The fourth-order valence-corrected chi connectivity index (χ4v) is 4.25. The Morgan fingerprint density at radius 3 is 2.65 bits per heavy atom. The van der Waals surface area contributed by atoms with Crippen LogP contribution >= 0.6 is 0 Å². The van der Waals surface area contributed by atoms with Gasteiger partial charge in [0.25, 0.3) is 0 Å². The number of nitrogens with zero attached hydrogens (tertiary/aromatic N) is 5. The van der Waals surface area contributed by atoms with Crippen molar-refractivity contribution in [1.29, 1.82) is 5.26 Å². The Morgan fingerprint density at radius 1 is 1.09 bits per heavy atom. The lowest BCUT2D eigenvalue weighted by molar-refractivity contribution is 0.193. The molecule has 0 unspecified atom stereocenters. The number of hydrogen-bond acceptors (Lipinski definition) is 7. The van der Waals surface area contributed by atoms with Crippen molar-refractivity contribution in [2.24, 2.45) is 5.73 Å². The minimum Gasteiger partial charge on any atom is -0.381 e. The predicted molar refractivity (Wildman–Crippen MR) is 129 cm³/mol. The first-order valence-electron chi connectivity index (χ1n) is 11.5. The summed E-state index contributed by atoms with van der Waals surface area (Å²) in [5, 5.41) is 16.0. The molecule has 1 aliphatic heterocycles. The summed E-state index contributed by atoms with van der Waals surface area (Å²) in [7, 11) is 0. The lowest BCUT2D eigenvalue weighted by Gasteiger charge is -2.31. The quantitative estimate of drug-likeness (QED) is 0.513. The van der Waals surface area contributed by atoms with E-state index in [2.05, 4.69) is 44.9 Å². The minimum atomic E-state index is -0.359. The second-order valence-electron chi connectivity index (χ2n) is 8.82. The number of nitrogens with two attached hydrogens (primary N) is 1. The predicted octanol–water partition coefficient (Wildman–Crippen LogP) is 3.99. The average molecular weight is 455 g/mol. The second kappa shape index (κ2) is 9.35. The molecular formula is C25H26N8O. The van der Waals surface area contributed by atoms with Gasteiger partial charge in [0.2, 0.25) is 0 Å². The van der Waals surface area contributed by atoms with E-state index < -0.39 is 0 Å². The van der Waals surface area contributed by atoms with Crippen molar-refractivity contribution < 1.29 is 4.79 Å². The highest BCUT2D eigenvalue weighted by molar-refractivity contribution is 5.72. The number of carbonyl (C=O) groups is 1. The summed E-state index contributed by atoms with van der Waals surface area (Å²) in [6, 6.07) is 11.7. The number of likely N-dealkylation sites (tertiary alicyclic amines) is 1. The van der Waals surface area contributed by atoms with Crippen molar-refractivity contribution in [2.75, 3.05) is 23.7 Å². The molecule has 3 aromatic rings. The summed E-state index contributed by atoms with van der Waals surface area (Å²) in [5.74, 6) is 1.82. The largest absolute Gasteiger partial charge is 0.381 e. The normalized spacial score (nSPS) is 16.0. The van der Waals surface area contributed by atoms with Gasteiger partial charge in [0.05, 0.1) is 23.0 Å². The Hall–Kier alpha value is -4.19. The summed E-state index contributed by atoms with van der Waals surface area (Å²) >= 11 is 0. The van der Waals surface area contributed by atoms with Gasteiger partial charge in [0, 0.05) is 43.3 Å². The molecule has 2 fully saturated rings. The van der Waals surface area contributed by atoms with E-state index in [0.29, 0.717) is 36.2 Å². The third-order valence-electron chi connectivity index (χ3n) is 6.25. The van der Waals surface area contributed by atoms with E-state index in [1.165, 1.54) is 18.4 Å². The molecular weight excluding hydrogens is 428 g/mol. The Kier molecular flexibility index (Phi) is 5.95. The molecule has 0 spiro atoms. The molecule has 34 heavy (non-hydrogen) atoms. The number of pyridine rings is 3. The Bertz CT molecular complexity index is 1240. The van der Waals surface area contributed by atoms with E-state index >= 15 is 0 Å². The van der Waals surface area contributed by atoms with Crippen molar-refractivity contribution in [1.82, 2.24) is 19.9 Å². The number of anilines is 3. The number of rotatable bonds is 6. The van der Waals surface area contributed by atoms with Crippen LogP contribution in [0.5, 0.6) is 0 Å². The Morgan fingerprint density at radius 2 is 1.91 bits per heavy atom. The molecule has 1 aliphatic carbocycles. The molecule has 0 bridgehead atoms. The Labute approximate surface area is 198 Å². The van der Waals surface area contributed by atoms with Gasteiger partial charge in [0.15, 0.2) is 0 Å². The molecule has 3 aromatic heterocycles. The summed E-state index contributed by atoms with van der Waals surface area (Å²) in [6.45, 7) is 1.31. The van der Waals surface area contributed by atoms with E-state index in [4.69, 9.17) is 16.0 Å². The summed E-state index contributed by atoms with van der Waals surface area (Å²) in [5.41, 5.74) is 9.85. The van der Waals surface area contributed by atoms with Crippen LogP contribution in [0.15, 0.2) is 48.9 Å². The van der Waals surface area contributed by atoms with E-state index in [1.54, 1.807) is 23.2 Å². The number of nitriles is 1. The van der Waals surface area contributed by atoms with Crippen molar-refractivity contribution in [3.05, 3.63) is 60.0 Å². The molecule has 5 rings (SSSR count). The van der Waals surface area contributed by atoms with Gasteiger partial charge in [-0.15, -0.1) is 0 Å². The zero-order valence-electron chi connectivity index (χ0n) is 18.7. The van der Waals surface area contributed by atoms with Gasteiger partial charge in [-0.05, 0) is 67.5 Å². The van der Waals surface area contributed by atoms with Crippen molar-refractivity contribution in [2.45, 2.75) is 37.6 Å². The van der Waals surface area contributed by atoms with E-state index in [0.717, 1.165) is 29.8 Å². The van der Waals surface area contributed by atoms with Crippen LogP contribution in [-0.4, -0.2) is 45.0 Å². The van der Waals surface area contributed by atoms with Gasteiger partial charge in [-0.3, -0.25) is 4.98 Å². The van der Waals surface area contributed by atoms with Crippen LogP contribution in [0, 0.1) is 11.3 Å². The van der Waals surface area contributed by atoms with E-state index in [9.17, 15) is 4.79 Å². The van der Waals surface area contributed by atoms with Crippen LogP contribution in [0.4, 0.5) is 22.1 Å². The van der Waals surface area contributed by atoms with Crippen LogP contribution in [0.1, 0.15) is 42.7 Å². The second-order valence-corrected chi connectivity index (χ2v) is 8.82. The van der Waals surface area contributed by atoms with Gasteiger partial charge < -0.3 is 21.3 Å². The first-order chi connectivity index (χ1) is 16.6. The monoisotopic (exact) mass is 454 g/mol. The molecule has 9 nitrogen and oxygen atoms in total. The molecule has 0 atom stereocenters. The third-order valence-corrected chi connectivity index (χ3v) is 6.25. The van der Waals surface area contributed by atoms with Crippen LogP contribution in [-0.2, 0) is 0 Å². The third kappa shape index (κ3) is 5.07. The standard InChI is InChI=1S/C25H26N8O/c26-13-16-3-6-29-23(9-16)32-24-12-18(17-1-2-17)11-22(31-24)19-10-21(15-28-14-19)30-20-4-7-33(8-5-20)25(27)34/h3,6,9-12,14-15,17,20,30H,1-2,4-5,7-8H2,(H2,27,34)(H,29,31,32). The number of amides is 2. The molecule has 1 saturated heterocycles. The topological polar surface area (TPSA) is 133 Å². The molecule has 2 aliphatic rings. The maximum absolute atomic E-state index is 11.4. The van der Waals surface area contributed by atoms with Gasteiger partial charge >= 0.3 is 6.03 Å².